The maximum atomic E-state index is 6.00. The topological polar surface area (TPSA) is 21.3 Å². The standard InChI is InChI=1S/C12H18ClNO/c1-8(2)12(14-3)10-7-9(13)5-6-11(10)15-4/h5-8,12,14H,1-4H3. The summed E-state index contributed by atoms with van der Waals surface area (Å²) in [5.41, 5.74) is 1.11. The molecule has 0 heterocycles. The minimum Gasteiger partial charge on any atom is -0.496 e. The molecule has 0 spiro atoms. The highest BCUT2D eigenvalue weighted by atomic mass is 35.5. The fourth-order valence-electron chi connectivity index (χ4n) is 1.80. The molecule has 1 unspecified atom stereocenters. The molecule has 0 bridgehead atoms. The van der Waals surface area contributed by atoms with E-state index >= 15 is 0 Å². The van der Waals surface area contributed by atoms with Crippen LogP contribution in [0, 0.1) is 5.92 Å². The van der Waals surface area contributed by atoms with E-state index in [2.05, 4.69) is 19.2 Å². The van der Waals surface area contributed by atoms with Gasteiger partial charge in [-0.3, -0.25) is 0 Å². The molecular weight excluding hydrogens is 210 g/mol. The minimum absolute atomic E-state index is 0.263. The first kappa shape index (κ1) is 12.3. The summed E-state index contributed by atoms with van der Waals surface area (Å²) in [7, 11) is 3.63. The predicted molar refractivity (Wildman–Crippen MR) is 64.6 cm³/mol. The Bertz CT molecular complexity index is 325. The zero-order chi connectivity index (χ0) is 11.4. The van der Waals surface area contributed by atoms with Gasteiger partial charge in [0.05, 0.1) is 7.11 Å². The van der Waals surface area contributed by atoms with Gasteiger partial charge in [0.2, 0.25) is 0 Å². The number of rotatable bonds is 4. The number of nitrogens with one attached hydrogen (secondary N) is 1. The summed E-state index contributed by atoms with van der Waals surface area (Å²) >= 11 is 6.00. The summed E-state index contributed by atoms with van der Waals surface area (Å²) < 4.78 is 5.33. The van der Waals surface area contributed by atoms with Gasteiger partial charge in [-0.25, -0.2) is 0 Å². The van der Waals surface area contributed by atoms with E-state index in [1.165, 1.54) is 0 Å². The van der Waals surface area contributed by atoms with E-state index in [0.29, 0.717) is 5.92 Å². The summed E-state index contributed by atoms with van der Waals surface area (Å²) in [5.74, 6) is 1.37. The van der Waals surface area contributed by atoms with Gasteiger partial charge in [0.25, 0.3) is 0 Å². The molecule has 0 aliphatic carbocycles. The van der Waals surface area contributed by atoms with Crippen LogP contribution in [0.5, 0.6) is 5.75 Å². The van der Waals surface area contributed by atoms with Crippen molar-refractivity contribution >= 4 is 11.6 Å². The van der Waals surface area contributed by atoms with Crippen LogP contribution < -0.4 is 10.1 Å². The summed E-state index contributed by atoms with van der Waals surface area (Å²) in [4.78, 5) is 0. The summed E-state index contributed by atoms with van der Waals surface area (Å²) in [6.07, 6.45) is 0. The van der Waals surface area contributed by atoms with E-state index in [1.807, 2.05) is 25.2 Å². The predicted octanol–water partition coefficient (Wildman–Crippen LogP) is 3.27. The summed E-state index contributed by atoms with van der Waals surface area (Å²) in [6, 6.07) is 5.97. The van der Waals surface area contributed by atoms with Gasteiger partial charge in [-0.1, -0.05) is 25.4 Å². The molecule has 0 aliphatic rings. The number of hydrogen-bond acceptors (Lipinski definition) is 2. The summed E-state index contributed by atoms with van der Waals surface area (Å²) in [6.45, 7) is 4.34. The van der Waals surface area contributed by atoms with Crippen molar-refractivity contribution < 1.29 is 4.74 Å². The second kappa shape index (κ2) is 5.38. The van der Waals surface area contributed by atoms with Crippen molar-refractivity contribution in [1.82, 2.24) is 5.32 Å². The van der Waals surface area contributed by atoms with Crippen LogP contribution in [0.4, 0.5) is 0 Å². The van der Waals surface area contributed by atoms with Crippen LogP contribution in [0.15, 0.2) is 18.2 Å². The minimum atomic E-state index is 0.263. The van der Waals surface area contributed by atoms with Gasteiger partial charge < -0.3 is 10.1 Å². The number of ether oxygens (including phenoxy) is 1. The first-order chi connectivity index (χ1) is 7.10. The zero-order valence-electron chi connectivity index (χ0n) is 9.67. The third-order valence-corrected chi connectivity index (χ3v) is 2.74. The molecule has 0 fully saturated rings. The van der Waals surface area contributed by atoms with Gasteiger partial charge in [-0.05, 0) is 31.2 Å². The molecule has 1 aromatic carbocycles. The van der Waals surface area contributed by atoms with E-state index in [-0.39, 0.29) is 6.04 Å². The van der Waals surface area contributed by atoms with Gasteiger partial charge in [-0.2, -0.15) is 0 Å². The highest BCUT2D eigenvalue weighted by molar-refractivity contribution is 6.30. The lowest BCUT2D eigenvalue weighted by Gasteiger charge is -2.23. The second-order valence-electron chi connectivity index (χ2n) is 3.90. The second-order valence-corrected chi connectivity index (χ2v) is 4.33. The van der Waals surface area contributed by atoms with Crippen molar-refractivity contribution in [2.45, 2.75) is 19.9 Å². The lowest BCUT2D eigenvalue weighted by atomic mass is 9.95. The first-order valence-electron chi connectivity index (χ1n) is 5.10. The SMILES string of the molecule is CNC(c1cc(Cl)ccc1OC)C(C)C. The molecule has 0 aliphatic heterocycles. The quantitative estimate of drug-likeness (QED) is 0.853. The highest BCUT2D eigenvalue weighted by Gasteiger charge is 2.17. The van der Waals surface area contributed by atoms with Gasteiger partial charge in [0.1, 0.15) is 5.75 Å². The van der Waals surface area contributed by atoms with Crippen LogP contribution in [-0.4, -0.2) is 14.2 Å². The Kier molecular flexibility index (Phi) is 4.43. The molecule has 3 heteroatoms. The molecule has 84 valence electrons. The Morgan fingerprint density at radius 2 is 2.00 bits per heavy atom. The molecule has 1 rings (SSSR count). The Balaban J connectivity index is 3.13. The van der Waals surface area contributed by atoms with Crippen molar-refractivity contribution in [2.24, 2.45) is 5.92 Å². The normalized spacial score (nSPS) is 12.9. The van der Waals surface area contributed by atoms with Crippen molar-refractivity contribution in [3.8, 4) is 5.75 Å². The Hall–Kier alpha value is -0.730. The highest BCUT2D eigenvalue weighted by Crippen LogP contribution is 2.31. The molecule has 0 amide bonds. The van der Waals surface area contributed by atoms with Gasteiger partial charge in [0.15, 0.2) is 0 Å². The molecule has 0 saturated carbocycles. The van der Waals surface area contributed by atoms with Crippen molar-refractivity contribution in [2.75, 3.05) is 14.2 Å². The third-order valence-electron chi connectivity index (χ3n) is 2.50. The van der Waals surface area contributed by atoms with Gasteiger partial charge in [0, 0.05) is 16.6 Å². The Morgan fingerprint density at radius 1 is 1.33 bits per heavy atom. The van der Waals surface area contributed by atoms with Crippen LogP contribution in [0.2, 0.25) is 5.02 Å². The maximum absolute atomic E-state index is 6.00. The van der Waals surface area contributed by atoms with Crippen molar-refractivity contribution in [3.63, 3.8) is 0 Å². The fraction of sp³-hybridized carbons (Fsp3) is 0.500. The first-order valence-corrected chi connectivity index (χ1v) is 5.48. The zero-order valence-corrected chi connectivity index (χ0v) is 10.4. The van der Waals surface area contributed by atoms with Crippen LogP contribution in [0.3, 0.4) is 0 Å². The van der Waals surface area contributed by atoms with Crippen LogP contribution in [-0.2, 0) is 0 Å². The van der Waals surface area contributed by atoms with Crippen molar-refractivity contribution in [3.05, 3.63) is 28.8 Å². The number of halogens is 1. The van der Waals surface area contributed by atoms with Crippen LogP contribution >= 0.6 is 11.6 Å². The van der Waals surface area contributed by atoms with Gasteiger partial charge >= 0.3 is 0 Å². The number of benzene rings is 1. The molecule has 15 heavy (non-hydrogen) atoms. The molecule has 0 radical (unpaired) electrons. The van der Waals surface area contributed by atoms with E-state index in [4.69, 9.17) is 16.3 Å². The van der Waals surface area contributed by atoms with Crippen LogP contribution in [0.25, 0.3) is 0 Å². The maximum Gasteiger partial charge on any atom is 0.123 e. The molecule has 1 atom stereocenters. The van der Waals surface area contributed by atoms with E-state index in [0.717, 1.165) is 16.3 Å². The monoisotopic (exact) mass is 227 g/mol. The molecular formula is C12H18ClNO. The molecule has 0 saturated heterocycles. The fourth-order valence-corrected chi connectivity index (χ4v) is 1.98. The van der Waals surface area contributed by atoms with Crippen LogP contribution in [0.1, 0.15) is 25.5 Å². The summed E-state index contributed by atoms with van der Waals surface area (Å²) in [5, 5.41) is 4.02. The molecule has 0 aromatic heterocycles. The van der Waals surface area contributed by atoms with E-state index in [1.54, 1.807) is 7.11 Å². The largest absolute Gasteiger partial charge is 0.496 e. The van der Waals surface area contributed by atoms with E-state index < -0.39 is 0 Å². The Morgan fingerprint density at radius 3 is 2.47 bits per heavy atom. The molecule has 1 N–H and O–H groups in total. The smallest absolute Gasteiger partial charge is 0.123 e. The average Bonchev–Trinajstić information content (AvgIpc) is 2.18. The third kappa shape index (κ3) is 2.86. The molecule has 1 aromatic rings. The average molecular weight is 228 g/mol. The van der Waals surface area contributed by atoms with Crippen molar-refractivity contribution in [1.29, 1.82) is 0 Å². The van der Waals surface area contributed by atoms with Gasteiger partial charge in [-0.15, -0.1) is 0 Å². The number of hydrogen-bond donors (Lipinski definition) is 1. The number of methoxy groups -OCH3 is 1. The van der Waals surface area contributed by atoms with E-state index in [9.17, 15) is 0 Å². The lowest BCUT2D eigenvalue weighted by Crippen LogP contribution is -2.22. The lowest BCUT2D eigenvalue weighted by molar-refractivity contribution is 0.381. The molecule has 2 nitrogen and oxygen atoms in total. The Labute approximate surface area is 96.6 Å².